The number of rotatable bonds is 1. The predicted molar refractivity (Wildman–Crippen MR) is 78.9 cm³/mol. The molecule has 3 nitrogen and oxygen atoms in total. The smallest absolute Gasteiger partial charge is 0.0954 e. The summed E-state index contributed by atoms with van der Waals surface area (Å²) in [6, 6.07) is 0.635. The summed E-state index contributed by atoms with van der Waals surface area (Å²) in [7, 11) is 0. The molecule has 2 heterocycles. The fraction of sp³-hybridized carbons (Fsp3) is 0.824. The fourth-order valence-electron chi connectivity index (χ4n) is 4.59. The van der Waals surface area contributed by atoms with Gasteiger partial charge in [0, 0.05) is 18.3 Å². The second kappa shape index (κ2) is 5.18. The summed E-state index contributed by atoms with van der Waals surface area (Å²) in [5, 5.41) is 0. The summed E-state index contributed by atoms with van der Waals surface area (Å²) in [5.74, 6) is 0. The second-order valence-electron chi connectivity index (χ2n) is 6.99. The molecule has 4 rings (SSSR count). The molecule has 2 aliphatic carbocycles. The lowest BCUT2D eigenvalue weighted by Gasteiger charge is -2.44. The zero-order valence-corrected chi connectivity index (χ0v) is 12.4. The Bertz CT molecular complexity index is 468. The highest BCUT2D eigenvalue weighted by Crippen LogP contribution is 2.43. The highest BCUT2D eigenvalue weighted by molar-refractivity contribution is 5.17. The molecule has 0 radical (unpaired) electrons. The molecule has 1 unspecified atom stereocenters. The fourth-order valence-corrected chi connectivity index (χ4v) is 4.59. The summed E-state index contributed by atoms with van der Waals surface area (Å²) in [6.45, 7) is 0.942. The largest absolute Gasteiger partial charge is 0.375 e. The van der Waals surface area contributed by atoms with Gasteiger partial charge >= 0.3 is 0 Å². The van der Waals surface area contributed by atoms with Gasteiger partial charge in [-0.25, -0.2) is 4.98 Å². The van der Waals surface area contributed by atoms with Crippen molar-refractivity contribution >= 4 is 0 Å². The Morgan fingerprint density at radius 2 is 1.95 bits per heavy atom. The van der Waals surface area contributed by atoms with Crippen LogP contribution in [-0.4, -0.2) is 21.8 Å². The van der Waals surface area contributed by atoms with Crippen molar-refractivity contribution < 1.29 is 4.74 Å². The molecule has 110 valence electrons. The van der Waals surface area contributed by atoms with E-state index in [0.29, 0.717) is 6.04 Å². The highest BCUT2D eigenvalue weighted by atomic mass is 16.5. The standard InChI is InChI=1S/C17H26N2O/c1-4-9-17(10-5-1)12-14(8-11-20-17)19-13-18-15-6-2-3-7-16(15)19/h13-14H,1-12H2. The normalized spacial score (nSPS) is 29.3. The van der Waals surface area contributed by atoms with Crippen LogP contribution in [0.1, 0.15) is 75.2 Å². The predicted octanol–water partition coefficient (Wildman–Crippen LogP) is 3.82. The average Bonchev–Trinajstić information content (AvgIpc) is 2.92. The van der Waals surface area contributed by atoms with E-state index in [1.165, 1.54) is 82.0 Å². The van der Waals surface area contributed by atoms with Gasteiger partial charge < -0.3 is 9.30 Å². The van der Waals surface area contributed by atoms with Gasteiger partial charge in [-0.2, -0.15) is 0 Å². The summed E-state index contributed by atoms with van der Waals surface area (Å²) in [6.07, 6.45) is 16.3. The minimum atomic E-state index is 0.201. The lowest BCUT2D eigenvalue weighted by atomic mass is 9.78. The number of hydrogen-bond acceptors (Lipinski definition) is 2. The third-order valence-electron chi connectivity index (χ3n) is 5.69. The molecular formula is C17H26N2O. The van der Waals surface area contributed by atoms with Crippen LogP contribution < -0.4 is 0 Å². The molecule has 1 aliphatic heterocycles. The quantitative estimate of drug-likeness (QED) is 0.778. The number of fused-ring (bicyclic) bond motifs is 1. The van der Waals surface area contributed by atoms with Gasteiger partial charge in [-0.15, -0.1) is 0 Å². The first-order valence-corrected chi connectivity index (χ1v) is 8.55. The minimum Gasteiger partial charge on any atom is -0.375 e. The molecule has 1 aromatic rings. The Hall–Kier alpha value is -0.830. The van der Waals surface area contributed by atoms with Crippen LogP contribution in [0.25, 0.3) is 0 Å². The molecular weight excluding hydrogens is 248 g/mol. The summed E-state index contributed by atoms with van der Waals surface area (Å²) in [4.78, 5) is 4.69. The van der Waals surface area contributed by atoms with Crippen LogP contribution in [0.3, 0.4) is 0 Å². The zero-order chi connectivity index (χ0) is 13.4. The zero-order valence-electron chi connectivity index (χ0n) is 12.4. The maximum atomic E-state index is 6.25. The van der Waals surface area contributed by atoms with Crippen LogP contribution >= 0.6 is 0 Å². The van der Waals surface area contributed by atoms with Crippen molar-refractivity contribution in [2.75, 3.05) is 6.61 Å². The van der Waals surface area contributed by atoms with Gasteiger partial charge in [0.15, 0.2) is 0 Å². The van der Waals surface area contributed by atoms with Gasteiger partial charge in [0.25, 0.3) is 0 Å². The first kappa shape index (κ1) is 12.9. The van der Waals surface area contributed by atoms with Crippen molar-refractivity contribution in [2.24, 2.45) is 0 Å². The first-order valence-electron chi connectivity index (χ1n) is 8.55. The van der Waals surface area contributed by atoms with Gasteiger partial charge in [0.1, 0.15) is 0 Å². The van der Waals surface area contributed by atoms with Crippen LogP contribution in [0, 0.1) is 0 Å². The van der Waals surface area contributed by atoms with Crippen LogP contribution in [0.15, 0.2) is 6.33 Å². The molecule has 3 heteroatoms. The van der Waals surface area contributed by atoms with Crippen molar-refractivity contribution in [2.45, 2.75) is 82.3 Å². The molecule has 20 heavy (non-hydrogen) atoms. The Kier molecular flexibility index (Phi) is 3.33. The Morgan fingerprint density at radius 3 is 2.85 bits per heavy atom. The second-order valence-corrected chi connectivity index (χ2v) is 6.99. The van der Waals surface area contributed by atoms with Crippen LogP contribution in [0.4, 0.5) is 0 Å². The van der Waals surface area contributed by atoms with E-state index in [-0.39, 0.29) is 5.60 Å². The summed E-state index contributed by atoms with van der Waals surface area (Å²) >= 11 is 0. The Morgan fingerprint density at radius 1 is 1.10 bits per heavy atom. The van der Waals surface area contributed by atoms with E-state index in [2.05, 4.69) is 15.9 Å². The summed E-state index contributed by atoms with van der Waals surface area (Å²) in [5.41, 5.74) is 3.11. The van der Waals surface area contributed by atoms with Crippen molar-refractivity contribution in [1.29, 1.82) is 0 Å². The molecule has 1 spiro atoms. The number of aryl methyl sites for hydroxylation is 1. The molecule has 1 saturated heterocycles. The van der Waals surface area contributed by atoms with E-state index in [9.17, 15) is 0 Å². The van der Waals surface area contributed by atoms with Gasteiger partial charge in [-0.1, -0.05) is 19.3 Å². The van der Waals surface area contributed by atoms with Crippen LogP contribution in [0.2, 0.25) is 0 Å². The molecule has 3 aliphatic rings. The molecule has 1 aromatic heterocycles. The molecule has 0 N–H and O–H groups in total. The molecule has 0 aromatic carbocycles. The highest BCUT2D eigenvalue weighted by Gasteiger charge is 2.39. The van der Waals surface area contributed by atoms with E-state index in [1.54, 1.807) is 0 Å². The van der Waals surface area contributed by atoms with E-state index in [0.717, 1.165) is 6.61 Å². The van der Waals surface area contributed by atoms with Crippen molar-refractivity contribution in [3.63, 3.8) is 0 Å². The van der Waals surface area contributed by atoms with Crippen molar-refractivity contribution in [1.82, 2.24) is 9.55 Å². The van der Waals surface area contributed by atoms with Crippen LogP contribution in [0.5, 0.6) is 0 Å². The maximum absolute atomic E-state index is 6.25. The monoisotopic (exact) mass is 274 g/mol. The lowest BCUT2D eigenvalue weighted by molar-refractivity contribution is -0.114. The van der Waals surface area contributed by atoms with Crippen molar-refractivity contribution in [3.8, 4) is 0 Å². The SMILES string of the molecule is c1nc2c(n1C1CCOC3(CCCCC3)C1)CCCC2. The number of nitrogens with zero attached hydrogens (tertiary/aromatic N) is 2. The van der Waals surface area contributed by atoms with Gasteiger partial charge in [-0.05, 0) is 51.4 Å². The van der Waals surface area contributed by atoms with E-state index >= 15 is 0 Å². The average molecular weight is 274 g/mol. The van der Waals surface area contributed by atoms with Crippen LogP contribution in [-0.2, 0) is 17.6 Å². The molecule has 2 fully saturated rings. The third-order valence-corrected chi connectivity index (χ3v) is 5.69. The molecule has 0 amide bonds. The number of imidazole rings is 1. The lowest BCUT2D eigenvalue weighted by Crippen LogP contribution is -2.42. The summed E-state index contributed by atoms with van der Waals surface area (Å²) < 4.78 is 8.77. The Labute approximate surface area is 121 Å². The number of aromatic nitrogens is 2. The maximum Gasteiger partial charge on any atom is 0.0954 e. The molecule has 1 saturated carbocycles. The van der Waals surface area contributed by atoms with Gasteiger partial charge in [-0.3, -0.25) is 0 Å². The van der Waals surface area contributed by atoms with E-state index < -0.39 is 0 Å². The van der Waals surface area contributed by atoms with Gasteiger partial charge in [0.05, 0.1) is 17.6 Å². The molecule has 1 atom stereocenters. The van der Waals surface area contributed by atoms with E-state index in [4.69, 9.17) is 4.74 Å². The minimum absolute atomic E-state index is 0.201. The molecule has 0 bridgehead atoms. The number of hydrogen-bond donors (Lipinski definition) is 0. The van der Waals surface area contributed by atoms with E-state index in [1.807, 2.05) is 0 Å². The topological polar surface area (TPSA) is 27.1 Å². The number of ether oxygens (including phenoxy) is 1. The Balaban J connectivity index is 1.57. The first-order chi connectivity index (χ1) is 9.86. The van der Waals surface area contributed by atoms with Crippen molar-refractivity contribution in [3.05, 3.63) is 17.7 Å². The van der Waals surface area contributed by atoms with Gasteiger partial charge in [0.2, 0.25) is 0 Å². The third kappa shape index (κ3) is 2.20.